The van der Waals surface area contributed by atoms with Crippen LogP contribution in [-0.4, -0.2) is 35.3 Å². The molecule has 86 valence electrons. The summed E-state index contributed by atoms with van der Waals surface area (Å²) < 4.78 is 0. The van der Waals surface area contributed by atoms with Gasteiger partial charge in [0, 0.05) is 12.6 Å². The van der Waals surface area contributed by atoms with Crippen LogP contribution in [0.15, 0.2) is 0 Å². The van der Waals surface area contributed by atoms with Crippen LogP contribution in [0.3, 0.4) is 0 Å². The highest BCUT2D eigenvalue weighted by Crippen LogP contribution is 2.15. The highest BCUT2D eigenvalue weighted by atomic mass is 32.2. The Morgan fingerprint density at radius 3 is 2.36 bits per heavy atom. The van der Waals surface area contributed by atoms with Crippen LogP contribution in [0.2, 0.25) is 0 Å². The molecule has 14 heavy (non-hydrogen) atoms. The van der Waals surface area contributed by atoms with Gasteiger partial charge in [-0.3, -0.25) is 0 Å². The summed E-state index contributed by atoms with van der Waals surface area (Å²) in [5, 5.41) is 13.4. The van der Waals surface area contributed by atoms with Crippen LogP contribution in [0, 0.1) is 5.92 Å². The van der Waals surface area contributed by atoms with Gasteiger partial charge in [0.05, 0.1) is 5.60 Å². The quantitative estimate of drug-likeness (QED) is 0.688. The number of hydrogen-bond donors (Lipinski definition) is 2. The smallest absolute Gasteiger partial charge is 0.0766 e. The third-order valence-electron chi connectivity index (χ3n) is 2.81. The molecular formula is C11H25NOS. The molecule has 0 bridgehead atoms. The second-order valence-corrected chi connectivity index (χ2v) is 5.56. The van der Waals surface area contributed by atoms with Gasteiger partial charge in [0.15, 0.2) is 0 Å². The summed E-state index contributed by atoms with van der Waals surface area (Å²) in [6, 6.07) is 0.493. The molecule has 0 aromatic rings. The van der Waals surface area contributed by atoms with Crippen molar-refractivity contribution < 1.29 is 5.11 Å². The lowest BCUT2D eigenvalue weighted by atomic mass is 9.92. The van der Waals surface area contributed by atoms with Crippen LogP contribution in [0.25, 0.3) is 0 Å². The molecule has 0 aromatic heterocycles. The molecule has 0 aromatic carbocycles. The highest BCUT2D eigenvalue weighted by molar-refractivity contribution is 7.98. The van der Waals surface area contributed by atoms with Crippen molar-refractivity contribution in [3.63, 3.8) is 0 Å². The Morgan fingerprint density at radius 2 is 1.93 bits per heavy atom. The maximum absolute atomic E-state index is 10.00. The van der Waals surface area contributed by atoms with Crippen molar-refractivity contribution in [1.82, 2.24) is 5.32 Å². The molecule has 2 atom stereocenters. The SMILES string of the molecule is CSCCC(C)NCC(C)(O)C(C)C. The van der Waals surface area contributed by atoms with Gasteiger partial charge in [0.2, 0.25) is 0 Å². The molecule has 3 heteroatoms. The van der Waals surface area contributed by atoms with Crippen LogP contribution in [0.5, 0.6) is 0 Å². The predicted molar refractivity (Wildman–Crippen MR) is 65.9 cm³/mol. The predicted octanol–water partition coefficient (Wildman–Crippen LogP) is 2.12. The van der Waals surface area contributed by atoms with Crippen molar-refractivity contribution in [2.45, 2.75) is 45.8 Å². The lowest BCUT2D eigenvalue weighted by molar-refractivity contribution is 0.0122. The number of nitrogens with one attached hydrogen (secondary N) is 1. The van der Waals surface area contributed by atoms with E-state index < -0.39 is 5.60 Å². The average molecular weight is 219 g/mol. The molecule has 0 spiro atoms. The molecule has 0 rings (SSSR count). The molecule has 2 N–H and O–H groups in total. The molecule has 0 aliphatic heterocycles. The Balaban J connectivity index is 3.70. The molecule has 0 saturated carbocycles. The van der Waals surface area contributed by atoms with Crippen molar-refractivity contribution in [2.24, 2.45) is 5.92 Å². The Kier molecular flexibility index (Phi) is 6.83. The maximum Gasteiger partial charge on any atom is 0.0766 e. The minimum absolute atomic E-state index is 0.294. The van der Waals surface area contributed by atoms with E-state index in [2.05, 4.69) is 18.5 Å². The van der Waals surface area contributed by atoms with Gasteiger partial charge >= 0.3 is 0 Å². The van der Waals surface area contributed by atoms with E-state index in [1.165, 1.54) is 5.75 Å². The summed E-state index contributed by atoms with van der Waals surface area (Å²) in [6.07, 6.45) is 3.28. The second kappa shape index (κ2) is 6.70. The van der Waals surface area contributed by atoms with E-state index in [0.29, 0.717) is 18.5 Å². The molecule has 0 aliphatic rings. The van der Waals surface area contributed by atoms with Crippen molar-refractivity contribution >= 4 is 11.8 Å². The van der Waals surface area contributed by atoms with E-state index in [0.717, 1.165) is 6.42 Å². The summed E-state index contributed by atoms with van der Waals surface area (Å²) in [6.45, 7) is 8.85. The number of aliphatic hydroxyl groups is 1. The first-order chi connectivity index (χ1) is 6.40. The van der Waals surface area contributed by atoms with Crippen LogP contribution in [0.1, 0.15) is 34.1 Å². The fraction of sp³-hybridized carbons (Fsp3) is 1.00. The van der Waals surface area contributed by atoms with Crippen molar-refractivity contribution in [1.29, 1.82) is 0 Å². The molecule has 0 amide bonds. The third-order valence-corrected chi connectivity index (χ3v) is 3.45. The van der Waals surface area contributed by atoms with E-state index in [-0.39, 0.29) is 0 Å². The molecule has 0 radical (unpaired) electrons. The first-order valence-corrected chi connectivity index (χ1v) is 6.74. The van der Waals surface area contributed by atoms with E-state index in [1.54, 1.807) is 0 Å². The first kappa shape index (κ1) is 14.3. The minimum Gasteiger partial charge on any atom is -0.389 e. The standard InChI is InChI=1S/C11H25NOS/c1-9(2)11(4,13)8-12-10(3)6-7-14-5/h9-10,12-13H,6-8H2,1-5H3. The zero-order valence-electron chi connectivity index (χ0n) is 10.1. The zero-order chi connectivity index (χ0) is 11.2. The molecule has 2 nitrogen and oxygen atoms in total. The van der Waals surface area contributed by atoms with Gasteiger partial charge in [-0.05, 0) is 38.2 Å². The van der Waals surface area contributed by atoms with E-state index in [9.17, 15) is 5.11 Å². The molecule has 0 fully saturated rings. The summed E-state index contributed by atoms with van der Waals surface area (Å²) >= 11 is 1.87. The highest BCUT2D eigenvalue weighted by Gasteiger charge is 2.24. The van der Waals surface area contributed by atoms with Gasteiger partial charge in [0.1, 0.15) is 0 Å². The van der Waals surface area contributed by atoms with Crippen LogP contribution in [0.4, 0.5) is 0 Å². The van der Waals surface area contributed by atoms with Crippen LogP contribution in [-0.2, 0) is 0 Å². The Bertz CT molecular complexity index is 148. The van der Waals surface area contributed by atoms with E-state index >= 15 is 0 Å². The number of thioether (sulfide) groups is 1. The van der Waals surface area contributed by atoms with E-state index in [4.69, 9.17) is 0 Å². The van der Waals surface area contributed by atoms with Crippen molar-refractivity contribution in [2.75, 3.05) is 18.6 Å². The third kappa shape index (κ3) is 5.89. The monoisotopic (exact) mass is 219 g/mol. The van der Waals surface area contributed by atoms with Gasteiger partial charge < -0.3 is 10.4 Å². The Hall–Kier alpha value is 0.270. The summed E-state index contributed by atoms with van der Waals surface area (Å²) in [4.78, 5) is 0. The van der Waals surface area contributed by atoms with Gasteiger partial charge in [-0.15, -0.1) is 0 Å². The van der Waals surface area contributed by atoms with Gasteiger partial charge in [-0.2, -0.15) is 11.8 Å². The van der Waals surface area contributed by atoms with Gasteiger partial charge in [0.25, 0.3) is 0 Å². The van der Waals surface area contributed by atoms with Gasteiger partial charge in [-0.25, -0.2) is 0 Å². The van der Waals surface area contributed by atoms with Gasteiger partial charge in [-0.1, -0.05) is 13.8 Å². The fourth-order valence-electron chi connectivity index (χ4n) is 0.982. The topological polar surface area (TPSA) is 32.3 Å². The summed E-state index contributed by atoms with van der Waals surface area (Å²) in [5.74, 6) is 1.47. The first-order valence-electron chi connectivity index (χ1n) is 5.35. The Morgan fingerprint density at radius 1 is 1.36 bits per heavy atom. The molecular weight excluding hydrogens is 194 g/mol. The lowest BCUT2D eigenvalue weighted by Crippen LogP contribution is -2.45. The summed E-state index contributed by atoms with van der Waals surface area (Å²) in [5.41, 5.74) is -0.590. The molecule has 0 heterocycles. The van der Waals surface area contributed by atoms with Crippen LogP contribution >= 0.6 is 11.8 Å². The average Bonchev–Trinajstić information content (AvgIpc) is 2.11. The van der Waals surface area contributed by atoms with E-state index in [1.807, 2.05) is 32.5 Å². The Labute approximate surface area is 92.9 Å². The molecule has 0 aliphatic carbocycles. The van der Waals surface area contributed by atoms with Crippen LogP contribution < -0.4 is 5.32 Å². The van der Waals surface area contributed by atoms with Crippen molar-refractivity contribution in [3.8, 4) is 0 Å². The minimum atomic E-state index is -0.590. The largest absolute Gasteiger partial charge is 0.389 e. The summed E-state index contributed by atoms with van der Waals surface area (Å²) in [7, 11) is 0. The lowest BCUT2D eigenvalue weighted by Gasteiger charge is -2.29. The molecule has 0 saturated heterocycles. The normalized spacial score (nSPS) is 18.2. The number of rotatable bonds is 7. The van der Waals surface area contributed by atoms with Crippen molar-refractivity contribution in [3.05, 3.63) is 0 Å². The fourth-order valence-corrected chi connectivity index (χ4v) is 1.57. The second-order valence-electron chi connectivity index (χ2n) is 4.58. The molecule has 2 unspecified atom stereocenters. The maximum atomic E-state index is 10.00. The zero-order valence-corrected chi connectivity index (χ0v) is 10.9. The number of hydrogen-bond acceptors (Lipinski definition) is 3.